The van der Waals surface area contributed by atoms with Crippen molar-refractivity contribution < 1.29 is 22.7 Å². The number of rotatable bonds is 6. The minimum atomic E-state index is -4.38. The Labute approximate surface area is 110 Å². The molecule has 0 saturated carbocycles. The van der Waals surface area contributed by atoms with Gasteiger partial charge in [0, 0.05) is 6.54 Å². The molecule has 0 radical (unpaired) electrons. The Balaban J connectivity index is 0.00000289. The van der Waals surface area contributed by atoms with Gasteiger partial charge < -0.3 is 15.4 Å². The standard InChI is InChI=1S/C10H17F3N2O2.ClH/c11-10(12,13)7-17-6-9(16)15-4-2-8-1-3-14-5-8;/h8,14H,1-7H2,(H,15,16);1H. The van der Waals surface area contributed by atoms with Crippen molar-refractivity contribution in [2.45, 2.75) is 19.0 Å². The topological polar surface area (TPSA) is 50.4 Å². The van der Waals surface area contributed by atoms with E-state index < -0.39 is 25.3 Å². The van der Waals surface area contributed by atoms with E-state index >= 15 is 0 Å². The van der Waals surface area contributed by atoms with Crippen LogP contribution < -0.4 is 10.6 Å². The predicted molar refractivity (Wildman–Crippen MR) is 62.7 cm³/mol. The van der Waals surface area contributed by atoms with Crippen molar-refractivity contribution >= 4 is 18.3 Å². The molecule has 1 rings (SSSR count). The van der Waals surface area contributed by atoms with Gasteiger partial charge in [0.05, 0.1) is 0 Å². The molecule has 1 fully saturated rings. The average molecular weight is 291 g/mol. The molecule has 1 heterocycles. The van der Waals surface area contributed by atoms with Crippen LogP contribution in [0, 0.1) is 5.92 Å². The van der Waals surface area contributed by atoms with Crippen LogP contribution in [0.1, 0.15) is 12.8 Å². The van der Waals surface area contributed by atoms with E-state index in [0.29, 0.717) is 12.5 Å². The first-order valence-corrected chi connectivity index (χ1v) is 5.59. The first-order chi connectivity index (χ1) is 7.97. The van der Waals surface area contributed by atoms with Gasteiger partial charge in [0.15, 0.2) is 0 Å². The van der Waals surface area contributed by atoms with E-state index in [4.69, 9.17) is 0 Å². The maximum atomic E-state index is 11.7. The van der Waals surface area contributed by atoms with Gasteiger partial charge in [-0.3, -0.25) is 4.79 Å². The summed E-state index contributed by atoms with van der Waals surface area (Å²) in [5, 5.41) is 5.74. The SMILES string of the molecule is Cl.O=C(COCC(F)(F)F)NCCC1CCNC1. The number of hydrogen-bond donors (Lipinski definition) is 2. The second-order valence-corrected chi connectivity index (χ2v) is 4.11. The summed E-state index contributed by atoms with van der Waals surface area (Å²) in [6, 6.07) is 0. The minimum absolute atomic E-state index is 0. The monoisotopic (exact) mass is 290 g/mol. The fourth-order valence-corrected chi connectivity index (χ4v) is 1.69. The summed E-state index contributed by atoms with van der Waals surface area (Å²) in [4.78, 5) is 11.1. The van der Waals surface area contributed by atoms with Crippen molar-refractivity contribution in [1.82, 2.24) is 10.6 Å². The smallest absolute Gasteiger partial charge is 0.362 e. The Morgan fingerprint density at radius 2 is 2.17 bits per heavy atom. The lowest BCUT2D eigenvalue weighted by molar-refractivity contribution is -0.175. The van der Waals surface area contributed by atoms with E-state index in [2.05, 4.69) is 15.4 Å². The molecule has 108 valence electrons. The number of halogens is 4. The van der Waals surface area contributed by atoms with Crippen LogP contribution in [0.4, 0.5) is 13.2 Å². The van der Waals surface area contributed by atoms with E-state index in [-0.39, 0.29) is 12.4 Å². The number of alkyl halides is 3. The molecular formula is C10H18ClF3N2O2. The van der Waals surface area contributed by atoms with Crippen molar-refractivity contribution in [1.29, 1.82) is 0 Å². The van der Waals surface area contributed by atoms with E-state index in [0.717, 1.165) is 25.9 Å². The second-order valence-electron chi connectivity index (χ2n) is 4.11. The molecule has 0 spiro atoms. The highest BCUT2D eigenvalue weighted by Crippen LogP contribution is 2.14. The molecule has 2 N–H and O–H groups in total. The Morgan fingerprint density at radius 1 is 1.44 bits per heavy atom. The van der Waals surface area contributed by atoms with Crippen LogP contribution in [0.3, 0.4) is 0 Å². The zero-order valence-electron chi connectivity index (χ0n) is 9.89. The Bertz CT molecular complexity index is 246. The summed E-state index contributed by atoms with van der Waals surface area (Å²) in [5.74, 6) is 0.0478. The highest BCUT2D eigenvalue weighted by Gasteiger charge is 2.27. The van der Waals surface area contributed by atoms with Crippen LogP contribution in [0.2, 0.25) is 0 Å². The van der Waals surface area contributed by atoms with Gasteiger partial charge in [-0.2, -0.15) is 13.2 Å². The van der Waals surface area contributed by atoms with Crippen molar-refractivity contribution in [2.24, 2.45) is 5.92 Å². The Kier molecular flexibility index (Phi) is 8.30. The number of carbonyl (C=O) groups is 1. The van der Waals surface area contributed by atoms with Crippen LogP contribution in [-0.4, -0.2) is 44.9 Å². The van der Waals surface area contributed by atoms with Gasteiger partial charge in [-0.1, -0.05) is 0 Å². The zero-order chi connectivity index (χ0) is 12.7. The number of nitrogens with one attached hydrogen (secondary N) is 2. The van der Waals surface area contributed by atoms with Gasteiger partial charge >= 0.3 is 6.18 Å². The van der Waals surface area contributed by atoms with Crippen molar-refractivity contribution in [3.05, 3.63) is 0 Å². The third-order valence-electron chi connectivity index (χ3n) is 2.54. The normalized spacial score (nSPS) is 19.4. The molecule has 1 aliphatic heterocycles. The summed E-state index contributed by atoms with van der Waals surface area (Å²) in [7, 11) is 0. The largest absolute Gasteiger partial charge is 0.411 e. The molecule has 1 unspecified atom stereocenters. The maximum Gasteiger partial charge on any atom is 0.411 e. The zero-order valence-corrected chi connectivity index (χ0v) is 10.7. The molecule has 0 aromatic rings. The summed E-state index contributed by atoms with van der Waals surface area (Å²) < 4.78 is 39.3. The van der Waals surface area contributed by atoms with Gasteiger partial charge in [0.2, 0.25) is 5.91 Å². The molecule has 1 saturated heterocycles. The van der Waals surface area contributed by atoms with Crippen LogP contribution in [0.15, 0.2) is 0 Å². The molecule has 1 atom stereocenters. The van der Waals surface area contributed by atoms with E-state index in [1.807, 2.05) is 0 Å². The molecule has 0 aliphatic carbocycles. The minimum Gasteiger partial charge on any atom is -0.362 e. The lowest BCUT2D eigenvalue weighted by Crippen LogP contribution is -2.31. The molecule has 4 nitrogen and oxygen atoms in total. The van der Waals surface area contributed by atoms with Crippen LogP contribution >= 0.6 is 12.4 Å². The van der Waals surface area contributed by atoms with E-state index in [1.54, 1.807) is 0 Å². The number of hydrogen-bond acceptors (Lipinski definition) is 3. The molecular weight excluding hydrogens is 273 g/mol. The summed E-state index contributed by atoms with van der Waals surface area (Å²) in [5.41, 5.74) is 0. The van der Waals surface area contributed by atoms with Gasteiger partial charge in [-0.15, -0.1) is 12.4 Å². The Morgan fingerprint density at radius 3 is 2.72 bits per heavy atom. The van der Waals surface area contributed by atoms with Gasteiger partial charge in [0.25, 0.3) is 0 Å². The first kappa shape index (κ1) is 17.5. The molecule has 8 heteroatoms. The van der Waals surface area contributed by atoms with Crippen LogP contribution in [0.25, 0.3) is 0 Å². The maximum absolute atomic E-state index is 11.7. The van der Waals surface area contributed by atoms with Crippen LogP contribution in [0.5, 0.6) is 0 Å². The quantitative estimate of drug-likeness (QED) is 0.770. The average Bonchev–Trinajstić information content (AvgIpc) is 2.68. The van der Waals surface area contributed by atoms with E-state index in [1.165, 1.54) is 0 Å². The summed E-state index contributed by atoms with van der Waals surface area (Å²) in [6.07, 6.45) is -2.45. The number of amides is 1. The van der Waals surface area contributed by atoms with Crippen molar-refractivity contribution in [3.8, 4) is 0 Å². The fraction of sp³-hybridized carbons (Fsp3) is 0.900. The number of carbonyl (C=O) groups excluding carboxylic acids is 1. The van der Waals surface area contributed by atoms with Gasteiger partial charge in [-0.05, 0) is 31.8 Å². The van der Waals surface area contributed by atoms with Gasteiger partial charge in [0.1, 0.15) is 13.2 Å². The third-order valence-corrected chi connectivity index (χ3v) is 2.54. The third kappa shape index (κ3) is 8.54. The highest BCUT2D eigenvalue weighted by atomic mass is 35.5. The van der Waals surface area contributed by atoms with Crippen LogP contribution in [-0.2, 0) is 9.53 Å². The molecule has 18 heavy (non-hydrogen) atoms. The predicted octanol–water partition coefficient (Wildman–Crippen LogP) is 1.10. The first-order valence-electron chi connectivity index (χ1n) is 5.59. The molecule has 1 aliphatic rings. The summed E-state index contributed by atoms with van der Waals surface area (Å²) in [6.45, 7) is 0.504. The molecule has 0 bridgehead atoms. The fourth-order valence-electron chi connectivity index (χ4n) is 1.69. The summed E-state index contributed by atoms with van der Waals surface area (Å²) >= 11 is 0. The van der Waals surface area contributed by atoms with Gasteiger partial charge in [-0.25, -0.2) is 0 Å². The van der Waals surface area contributed by atoms with Crippen molar-refractivity contribution in [3.63, 3.8) is 0 Å². The van der Waals surface area contributed by atoms with E-state index in [9.17, 15) is 18.0 Å². The molecule has 0 aromatic heterocycles. The van der Waals surface area contributed by atoms with Crippen molar-refractivity contribution in [2.75, 3.05) is 32.8 Å². The number of ether oxygens (including phenoxy) is 1. The Hall–Kier alpha value is -0.530. The second kappa shape index (κ2) is 8.55. The molecule has 0 aromatic carbocycles. The lowest BCUT2D eigenvalue weighted by Gasteiger charge is -2.10. The highest BCUT2D eigenvalue weighted by molar-refractivity contribution is 5.85. The molecule has 1 amide bonds. The lowest BCUT2D eigenvalue weighted by atomic mass is 10.1.